The van der Waals surface area contributed by atoms with Crippen LogP contribution < -0.4 is 0 Å². The smallest absolute Gasteiger partial charge is 0.271 e. The largest absolute Gasteiger partial charge is 0.457 e. The Kier molecular flexibility index (Phi) is 5.33. The van der Waals surface area contributed by atoms with E-state index in [-0.39, 0.29) is 34.6 Å². The van der Waals surface area contributed by atoms with Crippen molar-refractivity contribution in [3.8, 4) is 17.4 Å². The molecule has 1 atom stereocenters. The van der Waals surface area contributed by atoms with Gasteiger partial charge in [0.05, 0.1) is 17.5 Å². The van der Waals surface area contributed by atoms with Crippen molar-refractivity contribution in [2.75, 3.05) is 11.5 Å². The van der Waals surface area contributed by atoms with Crippen LogP contribution in [0, 0.1) is 11.3 Å². The van der Waals surface area contributed by atoms with Gasteiger partial charge in [-0.25, -0.2) is 8.42 Å². The summed E-state index contributed by atoms with van der Waals surface area (Å²) >= 11 is 6.02. The average Bonchev–Trinajstić information content (AvgIpc) is 3.32. The van der Waals surface area contributed by atoms with Crippen LogP contribution in [0.2, 0.25) is 5.02 Å². The molecular weight excluding hydrogens is 440 g/mol. The number of halogens is 1. The molecule has 3 heterocycles. The Morgan fingerprint density at radius 3 is 2.65 bits per heavy atom. The van der Waals surface area contributed by atoms with Crippen LogP contribution in [-0.4, -0.2) is 42.7 Å². The molecule has 1 aromatic carbocycles. The second-order valence-electron chi connectivity index (χ2n) is 7.42. The van der Waals surface area contributed by atoms with E-state index in [9.17, 15) is 23.3 Å². The third-order valence-electron chi connectivity index (χ3n) is 5.37. The molecule has 0 aliphatic carbocycles. The number of rotatable bonds is 3. The zero-order valence-electron chi connectivity index (χ0n) is 16.5. The molecule has 9 heteroatoms. The van der Waals surface area contributed by atoms with E-state index in [1.165, 1.54) is 13.0 Å². The highest BCUT2D eigenvalue weighted by Gasteiger charge is 2.43. The van der Waals surface area contributed by atoms with Crippen LogP contribution in [0.1, 0.15) is 19.1 Å². The number of nitriles is 1. The first-order valence-electron chi connectivity index (χ1n) is 9.47. The molecule has 2 amide bonds. The number of nitrogens with zero attached hydrogens (tertiary/aromatic N) is 2. The summed E-state index contributed by atoms with van der Waals surface area (Å²) in [7, 11) is -3.33. The predicted molar refractivity (Wildman–Crippen MR) is 114 cm³/mol. The van der Waals surface area contributed by atoms with Crippen LogP contribution >= 0.6 is 11.6 Å². The Labute approximate surface area is 184 Å². The van der Waals surface area contributed by atoms with Gasteiger partial charge in [0.2, 0.25) is 0 Å². The van der Waals surface area contributed by atoms with E-state index in [4.69, 9.17) is 16.0 Å². The fourth-order valence-corrected chi connectivity index (χ4v) is 5.67. The average molecular weight is 457 g/mol. The van der Waals surface area contributed by atoms with Crippen molar-refractivity contribution in [1.29, 1.82) is 5.26 Å². The van der Waals surface area contributed by atoms with Crippen molar-refractivity contribution in [1.82, 2.24) is 4.90 Å². The van der Waals surface area contributed by atoms with Gasteiger partial charge < -0.3 is 4.42 Å². The molecule has 2 aromatic rings. The van der Waals surface area contributed by atoms with Crippen molar-refractivity contribution in [2.45, 2.75) is 19.4 Å². The van der Waals surface area contributed by atoms with E-state index in [1.54, 1.807) is 30.3 Å². The van der Waals surface area contributed by atoms with Gasteiger partial charge >= 0.3 is 0 Å². The normalized spacial score (nSPS) is 22.3. The Morgan fingerprint density at radius 1 is 1.23 bits per heavy atom. The lowest BCUT2D eigenvalue weighted by atomic mass is 9.93. The van der Waals surface area contributed by atoms with Crippen LogP contribution in [0.3, 0.4) is 0 Å². The number of amides is 2. The van der Waals surface area contributed by atoms with Crippen LogP contribution in [-0.2, 0) is 19.4 Å². The van der Waals surface area contributed by atoms with Crippen molar-refractivity contribution in [3.05, 3.63) is 63.9 Å². The van der Waals surface area contributed by atoms with Crippen molar-refractivity contribution >= 4 is 39.3 Å². The van der Waals surface area contributed by atoms with E-state index in [1.807, 2.05) is 12.1 Å². The van der Waals surface area contributed by atoms with E-state index < -0.39 is 27.7 Å². The lowest BCUT2D eigenvalue weighted by molar-refractivity contribution is -0.142. The molecule has 158 valence electrons. The summed E-state index contributed by atoms with van der Waals surface area (Å²) in [6.07, 6.45) is 1.62. The molecule has 2 aliphatic rings. The molecule has 1 fully saturated rings. The summed E-state index contributed by atoms with van der Waals surface area (Å²) in [5.74, 6) is -0.903. The molecule has 2 aliphatic heterocycles. The maximum Gasteiger partial charge on any atom is 0.271 e. The van der Waals surface area contributed by atoms with Crippen molar-refractivity contribution in [2.24, 2.45) is 0 Å². The second kappa shape index (κ2) is 7.84. The Balaban J connectivity index is 1.74. The summed E-state index contributed by atoms with van der Waals surface area (Å²) in [6, 6.07) is 11.5. The first kappa shape index (κ1) is 21.1. The lowest BCUT2D eigenvalue weighted by Crippen LogP contribution is -2.49. The summed E-state index contributed by atoms with van der Waals surface area (Å²) in [6.45, 7) is 1.52. The Morgan fingerprint density at radius 2 is 2.00 bits per heavy atom. The molecule has 1 aromatic heterocycles. The number of carbonyl (C=O) groups is 2. The molecule has 0 saturated carbocycles. The highest BCUT2D eigenvalue weighted by molar-refractivity contribution is 7.91. The van der Waals surface area contributed by atoms with Gasteiger partial charge in [0.15, 0.2) is 9.84 Å². The van der Waals surface area contributed by atoms with Crippen molar-refractivity contribution in [3.63, 3.8) is 0 Å². The quantitative estimate of drug-likeness (QED) is 0.517. The molecule has 31 heavy (non-hydrogen) atoms. The molecule has 0 bridgehead atoms. The highest BCUT2D eigenvalue weighted by atomic mass is 35.5. The Hall–Kier alpha value is -3.15. The van der Waals surface area contributed by atoms with Gasteiger partial charge in [0.25, 0.3) is 11.8 Å². The fraction of sp³-hybridized carbons (Fsp3) is 0.227. The maximum atomic E-state index is 13.2. The van der Waals surface area contributed by atoms with Gasteiger partial charge in [-0.3, -0.25) is 14.5 Å². The van der Waals surface area contributed by atoms with E-state index in [0.717, 1.165) is 10.5 Å². The number of hydrogen-bond acceptors (Lipinski definition) is 6. The van der Waals surface area contributed by atoms with Gasteiger partial charge in [-0.2, -0.15) is 5.26 Å². The first-order valence-corrected chi connectivity index (χ1v) is 11.7. The third-order valence-corrected chi connectivity index (χ3v) is 7.35. The van der Waals surface area contributed by atoms with Gasteiger partial charge in [0.1, 0.15) is 23.2 Å². The van der Waals surface area contributed by atoms with Crippen LogP contribution in [0.25, 0.3) is 17.4 Å². The van der Waals surface area contributed by atoms with Gasteiger partial charge in [0, 0.05) is 16.2 Å². The number of sulfone groups is 1. The molecule has 1 saturated heterocycles. The molecular formula is C22H17ClN2O5S. The third kappa shape index (κ3) is 3.94. The lowest BCUT2D eigenvalue weighted by Gasteiger charge is -2.31. The van der Waals surface area contributed by atoms with Crippen LogP contribution in [0.5, 0.6) is 0 Å². The van der Waals surface area contributed by atoms with Gasteiger partial charge in [-0.1, -0.05) is 23.7 Å². The summed E-state index contributed by atoms with van der Waals surface area (Å²) in [5, 5.41) is 10.0. The zero-order valence-corrected chi connectivity index (χ0v) is 18.0. The van der Waals surface area contributed by atoms with E-state index >= 15 is 0 Å². The van der Waals surface area contributed by atoms with Crippen LogP contribution in [0.15, 0.2) is 57.5 Å². The number of imide groups is 1. The molecule has 0 spiro atoms. The minimum atomic E-state index is -3.33. The summed E-state index contributed by atoms with van der Waals surface area (Å²) in [5.41, 5.74) is 0.921. The predicted octanol–water partition coefficient (Wildman–Crippen LogP) is 3.38. The fourth-order valence-electron chi connectivity index (χ4n) is 3.78. The minimum Gasteiger partial charge on any atom is -0.457 e. The monoisotopic (exact) mass is 456 g/mol. The minimum absolute atomic E-state index is 0.0977. The number of hydrogen-bond donors (Lipinski definition) is 0. The standard InChI is InChI=1S/C22H17ClN2O5S/c1-13-18(10-17-5-6-20(30-17)14-3-2-4-15(23)9-14)21(26)25(22(27)19(13)11-24)16-7-8-31(28,29)12-16/h2-6,9-10,16H,7-8,12H2,1H3/b18-10+/t16-/m0/s1. The van der Waals surface area contributed by atoms with Gasteiger partial charge in [-0.05, 0) is 49.3 Å². The SMILES string of the molecule is CC1=C(C#N)C(=O)N([C@H]2CCS(=O)(=O)C2)C(=O)/C1=C/c1ccc(-c2cccc(Cl)c2)o1. The summed E-state index contributed by atoms with van der Waals surface area (Å²) in [4.78, 5) is 26.8. The van der Waals surface area contributed by atoms with Crippen LogP contribution in [0.4, 0.5) is 0 Å². The highest BCUT2D eigenvalue weighted by Crippen LogP contribution is 2.32. The number of carbonyl (C=O) groups excluding carboxylic acids is 2. The molecule has 0 unspecified atom stereocenters. The van der Waals surface area contributed by atoms with Crippen molar-refractivity contribution < 1.29 is 22.4 Å². The van der Waals surface area contributed by atoms with E-state index in [0.29, 0.717) is 16.5 Å². The Bertz CT molecular complexity index is 1310. The first-order chi connectivity index (χ1) is 14.7. The number of benzene rings is 1. The molecule has 4 rings (SSSR count). The summed E-state index contributed by atoms with van der Waals surface area (Å²) < 4.78 is 29.6. The second-order valence-corrected chi connectivity index (χ2v) is 10.1. The number of furan rings is 1. The molecule has 0 radical (unpaired) electrons. The molecule has 7 nitrogen and oxygen atoms in total. The molecule has 0 N–H and O–H groups in total. The zero-order chi connectivity index (χ0) is 22.3. The van der Waals surface area contributed by atoms with Gasteiger partial charge in [-0.15, -0.1) is 0 Å². The topological polar surface area (TPSA) is 108 Å². The maximum absolute atomic E-state index is 13.2. The van der Waals surface area contributed by atoms with E-state index in [2.05, 4.69) is 0 Å².